The highest BCUT2D eigenvalue weighted by Gasteiger charge is 2.16. The molecule has 0 saturated carbocycles. The van der Waals surface area contributed by atoms with Gasteiger partial charge in [0.15, 0.2) is 0 Å². The van der Waals surface area contributed by atoms with E-state index in [1.165, 1.54) is 11.3 Å². The SMILES string of the molecule is CC[n+]1c(F)sc2ccccc21. The normalized spacial score (nSPS) is 10.8. The first-order chi connectivity index (χ1) is 5.83. The number of aromatic nitrogens is 1. The molecule has 0 N–H and O–H groups in total. The van der Waals surface area contributed by atoms with Crippen LogP contribution in [-0.4, -0.2) is 0 Å². The molecule has 2 aromatic rings. The molecule has 1 nitrogen and oxygen atoms in total. The van der Waals surface area contributed by atoms with E-state index in [1.54, 1.807) is 4.57 Å². The van der Waals surface area contributed by atoms with Gasteiger partial charge in [0, 0.05) is 6.07 Å². The van der Waals surface area contributed by atoms with Crippen molar-refractivity contribution in [3.63, 3.8) is 0 Å². The molecular weight excluding hydrogens is 173 g/mol. The quantitative estimate of drug-likeness (QED) is 0.596. The predicted octanol–water partition coefficient (Wildman–Crippen LogP) is 2.35. The lowest BCUT2D eigenvalue weighted by Gasteiger charge is -1.86. The number of thiazole rings is 1. The maximum absolute atomic E-state index is 13.2. The number of hydrogen-bond donors (Lipinski definition) is 0. The lowest BCUT2D eigenvalue weighted by atomic mass is 10.3. The number of nitrogens with zero attached hydrogens (tertiary/aromatic N) is 1. The zero-order valence-electron chi connectivity index (χ0n) is 6.75. The van der Waals surface area contributed by atoms with Crippen LogP contribution in [0.5, 0.6) is 0 Å². The summed E-state index contributed by atoms with van der Waals surface area (Å²) in [5, 5.41) is -0.112. The fraction of sp³-hybridized carbons (Fsp3) is 0.222. The fourth-order valence-electron chi connectivity index (χ4n) is 1.30. The molecule has 0 amide bonds. The van der Waals surface area contributed by atoms with E-state index >= 15 is 0 Å². The van der Waals surface area contributed by atoms with E-state index in [2.05, 4.69) is 0 Å². The Labute approximate surface area is 74.1 Å². The first kappa shape index (κ1) is 7.68. The molecule has 0 bridgehead atoms. The monoisotopic (exact) mass is 182 g/mol. The molecule has 0 atom stereocenters. The summed E-state index contributed by atoms with van der Waals surface area (Å²) in [7, 11) is 0. The van der Waals surface area contributed by atoms with Gasteiger partial charge in [-0.2, -0.15) is 4.57 Å². The number of hydrogen-bond acceptors (Lipinski definition) is 1. The van der Waals surface area contributed by atoms with E-state index in [0.29, 0.717) is 6.54 Å². The van der Waals surface area contributed by atoms with E-state index in [0.717, 1.165) is 10.2 Å². The Kier molecular flexibility index (Phi) is 1.81. The zero-order chi connectivity index (χ0) is 8.55. The van der Waals surface area contributed by atoms with Crippen molar-refractivity contribution >= 4 is 21.6 Å². The Balaban J connectivity index is 2.81. The van der Waals surface area contributed by atoms with E-state index in [1.807, 2.05) is 31.2 Å². The topological polar surface area (TPSA) is 3.88 Å². The summed E-state index contributed by atoms with van der Waals surface area (Å²) in [5.74, 6) is 0. The van der Waals surface area contributed by atoms with Crippen LogP contribution in [0.1, 0.15) is 6.92 Å². The highest BCUT2D eigenvalue weighted by molar-refractivity contribution is 7.16. The number of para-hydroxylation sites is 1. The minimum Gasteiger partial charge on any atom is -0.156 e. The lowest BCUT2D eigenvalue weighted by molar-refractivity contribution is -0.690. The molecule has 3 heteroatoms. The Morgan fingerprint density at radius 1 is 1.42 bits per heavy atom. The van der Waals surface area contributed by atoms with Crippen molar-refractivity contribution in [3.8, 4) is 0 Å². The van der Waals surface area contributed by atoms with Crippen molar-refractivity contribution in [1.82, 2.24) is 0 Å². The molecule has 12 heavy (non-hydrogen) atoms. The summed E-state index contributed by atoms with van der Waals surface area (Å²) in [5.41, 5.74) is 0.988. The fourth-order valence-corrected chi connectivity index (χ4v) is 2.25. The average molecular weight is 182 g/mol. The molecule has 0 spiro atoms. The van der Waals surface area contributed by atoms with Crippen LogP contribution in [0.3, 0.4) is 0 Å². The minimum atomic E-state index is -0.112. The molecule has 62 valence electrons. The number of halogens is 1. The molecular formula is C9H9FNS+. The standard InChI is InChI=1S/C9H9FNS/c1-2-11-7-5-3-4-6-8(7)12-9(11)10/h3-6H,2H2,1H3/q+1. The largest absolute Gasteiger partial charge is 0.421 e. The number of benzene rings is 1. The van der Waals surface area contributed by atoms with Crippen LogP contribution < -0.4 is 4.57 Å². The average Bonchev–Trinajstić information content (AvgIpc) is 2.40. The van der Waals surface area contributed by atoms with Gasteiger partial charge in [0.05, 0.1) is 0 Å². The summed E-state index contributed by atoms with van der Waals surface area (Å²) in [6.07, 6.45) is 0. The molecule has 0 aliphatic rings. The van der Waals surface area contributed by atoms with E-state index in [-0.39, 0.29) is 5.26 Å². The molecule has 1 aromatic heterocycles. The summed E-state index contributed by atoms with van der Waals surface area (Å²) < 4.78 is 15.9. The molecule has 0 aliphatic heterocycles. The molecule has 0 fully saturated rings. The lowest BCUT2D eigenvalue weighted by Crippen LogP contribution is -2.34. The van der Waals surface area contributed by atoms with Gasteiger partial charge in [-0.1, -0.05) is 12.1 Å². The van der Waals surface area contributed by atoms with Crippen LogP contribution >= 0.6 is 11.3 Å². The molecule has 1 aromatic carbocycles. The Hall–Kier alpha value is -0.960. The highest BCUT2D eigenvalue weighted by atomic mass is 32.1. The Morgan fingerprint density at radius 2 is 2.17 bits per heavy atom. The number of fused-ring (bicyclic) bond motifs is 1. The third kappa shape index (κ3) is 1.01. The minimum absolute atomic E-state index is 0.112. The van der Waals surface area contributed by atoms with Crippen LogP contribution in [-0.2, 0) is 6.54 Å². The molecule has 0 saturated heterocycles. The smallest absolute Gasteiger partial charge is 0.156 e. The summed E-state index contributed by atoms with van der Waals surface area (Å²) in [4.78, 5) is 0. The van der Waals surface area contributed by atoms with Crippen LogP contribution in [0.15, 0.2) is 24.3 Å². The third-order valence-electron chi connectivity index (χ3n) is 1.88. The summed E-state index contributed by atoms with van der Waals surface area (Å²) in [6, 6.07) is 7.74. The first-order valence-corrected chi connectivity index (χ1v) is 4.71. The van der Waals surface area contributed by atoms with Gasteiger partial charge < -0.3 is 0 Å². The second kappa shape index (κ2) is 2.83. The van der Waals surface area contributed by atoms with Crippen LogP contribution in [0, 0.1) is 5.26 Å². The van der Waals surface area contributed by atoms with E-state index in [9.17, 15) is 4.39 Å². The van der Waals surface area contributed by atoms with Crippen molar-refractivity contribution < 1.29 is 8.96 Å². The third-order valence-corrected chi connectivity index (χ3v) is 2.83. The van der Waals surface area contributed by atoms with Crippen molar-refractivity contribution in [1.29, 1.82) is 0 Å². The van der Waals surface area contributed by atoms with Gasteiger partial charge in [-0.15, -0.1) is 4.39 Å². The van der Waals surface area contributed by atoms with Gasteiger partial charge in [-0.05, 0) is 24.3 Å². The van der Waals surface area contributed by atoms with Gasteiger partial charge in [0.25, 0.3) is 0 Å². The summed E-state index contributed by atoms with van der Waals surface area (Å²) in [6.45, 7) is 2.64. The van der Waals surface area contributed by atoms with E-state index < -0.39 is 0 Å². The first-order valence-electron chi connectivity index (χ1n) is 3.90. The second-order valence-corrected chi connectivity index (χ2v) is 3.55. The molecule has 0 radical (unpaired) electrons. The van der Waals surface area contributed by atoms with Gasteiger partial charge in [-0.3, -0.25) is 0 Å². The van der Waals surface area contributed by atoms with E-state index in [4.69, 9.17) is 0 Å². The molecule has 2 rings (SSSR count). The molecule has 0 aliphatic carbocycles. The van der Waals surface area contributed by atoms with Gasteiger partial charge in [-0.25, -0.2) is 0 Å². The van der Waals surface area contributed by atoms with Crippen LogP contribution in [0.25, 0.3) is 10.2 Å². The molecule has 0 unspecified atom stereocenters. The Bertz CT molecular complexity index is 408. The maximum Gasteiger partial charge on any atom is 0.421 e. The van der Waals surface area contributed by atoms with Crippen molar-refractivity contribution in [2.75, 3.05) is 0 Å². The van der Waals surface area contributed by atoms with Crippen molar-refractivity contribution in [3.05, 3.63) is 29.5 Å². The van der Waals surface area contributed by atoms with Crippen LogP contribution in [0.4, 0.5) is 4.39 Å². The van der Waals surface area contributed by atoms with Crippen molar-refractivity contribution in [2.24, 2.45) is 0 Å². The van der Waals surface area contributed by atoms with Crippen molar-refractivity contribution in [2.45, 2.75) is 13.5 Å². The summed E-state index contributed by atoms with van der Waals surface area (Å²) >= 11 is 1.20. The predicted molar refractivity (Wildman–Crippen MR) is 47.7 cm³/mol. The number of aryl methyl sites for hydroxylation is 1. The zero-order valence-corrected chi connectivity index (χ0v) is 7.57. The highest BCUT2D eigenvalue weighted by Crippen LogP contribution is 2.18. The van der Waals surface area contributed by atoms with Gasteiger partial charge in [0.1, 0.15) is 11.2 Å². The van der Waals surface area contributed by atoms with Crippen LogP contribution in [0.2, 0.25) is 0 Å². The molecule has 1 heterocycles. The number of rotatable bonds is 1. The second-order valence-electron chi connectivity index (χ2n) is 2.57. The maximum atomic E-state index is 13.2. The van der Waals surface area contributed by atoms with Gasteiger partial charge >= 0.3 is 5.26 Å². The Morgan fingerprint density at radius 3 is 2.92 bits per heavy atom. The van der Waals surface area contributed by atoms with Gasteiger partial charge in [0.2, 0.25) is 5.52 Å².